The van der Waals surface area contributed by atoms with Crippen molar-refractivity contribution < 1.29 is 24.5 Å². The van der Waals surface area contributed by atoms with Crippen LogP contribution in [0.3, 0.4) is 0 Å². The summed E-state index contributed by atoms with van der Waals surface area (Å²) in [5.41, 5.74) is 0. The lowest BCUT2D eigenvalue weighted by atomic mass is 10.0. The maximum Gasteiger partial charge on any atom is 0.306 e. The summed E-state index contributed by atoms with van der Waals surface area (Å²) in [7, 11) is 0. The third-order valence-electron chi connectivity index (χ3n) is 12.0. The second-order valence-electron chi connectivity index (χ2n) is 18.0. The van der Waals surface area contributed by atoms with Crippen molar-refractivity contribution in [1.82, 2.24) is 5.32 Å². The predicted octanol–water partition coefficient (Wildman–Crippen LogP) is 15.8. The Morgan fingerprint density at radius 2 is 0.885 bits per heavy atom. The highest BCUT2D eigenvalue weighted by Gasteiger charge is 2.24. The minimum absolute atomic E-state index is 0.0705. The molecule has 0 aliphatic rings. The molecule has 0 saturated heterocycles. The lowest BCUT2D eigenvalue weighted by Crippen LogP contribution is -2.46. The third kappa shape index (κ3) is 44.2. The van der Waals surface area contributed by atoms with Crippen molar-refractivity contribution in [3.05, 3.63) is 48.6 Å². The van der Waals surface area contributed by atoms with E-state index < -0.39 is 18.2 Å². The van der Waals surface area contributed by atoms with E-state index in [0.29, 0.717) is 19.3 Å². The van der Waals surface area contributed by atoms with E-state index in [2.05, 4.69) is 56.5 Å². The first kappa shape index (κ1) is 58.8. The molecular weight excluding hydrogens is 755 g/mol. The number of aliphatic hydroxyl groups is 2. The van der Waals surface area contributed by atoms with E-state index in [-0.39, 0.29) is 24.9 Å². The minimum atomic E-state index is -0.790. The number of rotatable bonds is 47. The number of hydrogen-bond acceptors (Lipinski definition) is 5. The van der Waals surface area contributed by atoms with Crippen LogP contribution in [-0.4, -0.2) is 46.9 Å². The zero-order valence-electron chi connectivity index (χ0n) is 40.5. The average molecular weight is 856 g/mol. The van der Waals surface area contributed by atoms with Crippen molar-refractivity contribution in [1.29, 1.82) is 0 Å². The number of hydrogen-bond donors (Lipinski definition) is 3. The third-order valence-corrected chi connectivity index (χ3v) is 12.0. The SMILES string of the molecule is CC/C=C/C=C/C=C/C=C\CCCCCCCC(=O)OC(CCCCCCCCCCCCCCCC)CC(=O)NC(CO)C(O)CCCCCCCCCCCCCCC. The van der Waals surface area contributed by atoms with Gasteiger partial charge in [0.15, 0.2) is 0 Å². The van der Waals surface area contributed by atoms with E-state index in [1.807, 2.05) is 18.2 Å². The van der Waals surface area contributed by atoms with Crippen LogP contribution in [0.25, 0.3) is 0 Å². The Balaban J connectivity index is 4.60. The van der Waals surface area contributed by atoms with Crippen molar-refractivity contribution in [3.63, 3.8) is 0 Å². The van der Waals surface area contributed by atoms with Gasteiger partial charge in [-0.2, -0.15) is 0 Å². The molecular formula is C55H101NO5. The zero-order valence-corrected chi connectivity index (χ0v) is 40.5. The monoisotopic (exact) mass is 856 g/mol. The molecule has 0 aliphatic carbocycles. The van der Waals surface area contributed by atoms with Gasteiger partial charge in [0.25, 0.3) is 0 Å². The van der Waals surface area contributed by atoms with Crippen LogP contribution < -0.4 is 5.32 Å². The predicted molar refractivity (Wildman–Crippen MR) is 264 cm³/mol. The van der Waals surface area contributed by atoms with Crippen molar-refractivity contribution in [3.8, 4) is 0 Å². The first-order chi connectivity index (χ1) is 30.0. The van der Waals surface area contributed by atoms with Gasteiger partial charge in [-0.1, -0.05) is 256 Å². The Hall–Kier alpha value is -2.18. The molecule has 0 spiro atoms. The van der Waals surface area contributed by atoms with Gasteiger partial charge in [0, 0.05) is 6.42 Å². The van der Waals surface area contributed by atoms with E-state index in [0.717, 1.165) is 77.0 Å². The quantitative estimate of drug-likeness (QED) is 0.0322. The topological polar surface area (TPSA) is 95.9 Å². The fraction of sp³-hybridized carbons (Fsp3) is 0.818. The number of amides is 1. The molecule has 6 nitrogen and oxygen atoms in total. The van der Waals surface area contributed by atoms with E-state index in [1.54, 1.807) is 0 Å². The molecule has 0 radical (unpaired) electrons. The van der Waals surface area contributed by atoms with Gasteiger partial charge in [0.1, 0.15) is 6.10 Å². The summed E-state index contributed by atoms with van der Waals surface area (Å²) in [6.07, 6.45) is 58.8. The number of ether oxygens (including phenoxy) is 1. The van der Waals surface area contributed by atoms with Crippen molar-refractivity contribution in [2.75, 3.05) is 6.61 Å². The van der Waals surface area contributed by atoms with Crippen LogP contribution in [0, 0.1) is 0 Å². The molecule has 0 aromatic carbocycles. The fourth-order valence-electron chi connectivity index (χ4n) is 8.03. The number of nitrogens with one attached hydrogen (secondary N) is 1. The standard InChI is InChI=1S/C55H101NO5/c1-4-7-10-13-16-19-22-25-27-30-33-36-39-42-45-48-55(60)61-51(46-43-40-37-34-31-29-26-23-20-17-14-11-8-5-2)49-54(59)56-52(50-57)53(58)47-44-41-38-35-32-28-24-21-18-15-12-9-6-3/h7,10,13,16,19,22,25,27,51-53,57-58H,4-6,8-9,11-12,14-15,17-18,20-21,23-24,26,28-50H2,1-3H3,(H,56,59)/b10-7+,16-13+,22-19+,27-25-. The van der Waals surface area contributed by atoms with Crippen LogP contribution in [0.2, 0.25) is 0 Å². The zero-order chi connectivity index (χ0) is 44.5. The molecule has 1 amide bonds. The van der Waals surface area contributed by atoms with E-state index in [1.165, 1.54) is 141 Å². The van der Waals surface area contributed by atoms with Crippen molar-refractivity contribution in [2.45, 2.75) is 283 Å². The molecule has 0 saturated carbocycles. The lowest BCUT2D eigenvalue weighted by molar-refractivity contribution is -0.151. The van der Waals surface area contributed by atoms with Crippen LogP contribution in [0.15, 0.2) is 48.6 Å². The van der Waals surface area contributed by atoms with E-state index >= 15 is 0 Å². The van der Waals surface area contributed by atoms with Gasteiger partial charge in [-0.15, -0.1) is 0 Å². The smallest absolute Gasteiger partial charge is 0.306 e. The fourth-order valence-corrected chi connectivity index (χ4v) is 8.03. The Bertz CT molecular complexity index is 1050. The minimum Gasteiger partial charge on any atom is -0.462 e. The van der Waals surface area contributed by atoms with Gasteiger partial charge >= 0.3 is 5.97 Å². The van der Waals surface area contributed by atoms with Gasteiger partial charge in [-0.3, -0.25) is 9.59 Å². The summed E-state index contributed by atoms with van der Waals surface area (Å²) in [5.74, 6) is -0.491. The summed E-state index contributed by atoms with van der Waals surface area (Å²) in [6.45, 7) is 6.36. The van der Waals surface area contributed by atoms with Gasteiger partial charge in [-0.25, -0.2) is 0 Å². The summed E-state index contributed by atoms with van der Waals surface area (Å²) in [4.78, 5) is 26.2. The van der Waals surface area contributed by atoms with Crippen LogP contribution in [0.5, 0.6) is 0 Å². The van der Waals surface area contributed by atoms with Crippen LogP contribution in [0.4, 0.5) is 0 Å². The van der Waals surface area contributed by atoms with Crippen LogP contribution in [0.1, 0.15) is 265 Å². The van der Waals surface area contributed by atoms with Crippen molar-refractivity contribution >= 4 is 11.9 Å². The molecule has 0 heterocycles. The number of carbonyl (C=O) groups is 2. The van der Waals surface area contributed by atoms with Gasteiger partial charge in [0.2, 0.25) is 5.91 Å². The summed E-state index contributed by atoms with van der Waals surface area (Å²) in [6, 6.07) is -0.704. The first-order valence-corrected chi connectivity index (χ1v) is 26.4. The molecule has 356 valence electrons. The number of allylic oxidation sites excluding steroid dienone is 8. The number of carbonyl (C=O) groups excluding carboxylic acids is 2. The molecule has 0 aromatic heterocycles. The average Bonchev–Trinajstić information content (AvgIpc) is 3.25. The molecule has 6 heteroatoms. The Morgan fingerprint density at radius 3 is 1.34 bits per heavy atom. The summed E-state index contributed by atoms with van der Waals surface area (Å²) < 4.78 is 5.93. The van der Waals surface area contributed by atoms with Gasteiger partial charge in [-0.05, 0) is 44.9 Å². The van der Waals surface area contributed by atoms with E-state index in [9.17, 15) is 19.8 Å². The molecule has 3 atom stereocenters. The summed E-state index contributed by atoms with van der Waals surface area (Å²) >= 11 is 0. The number of unbranched alkanes of at least 4 members (excludes halogenated alkanes) is 30. The highest BCUT2D eigenvalue weighted by Crippen LogP contribution is 2.18. The largest absolute Gasteiger partial charge is 0.462 e. The Labute approximate surface area is 378 Å². The van der Waals surface area contributed by atoms with Crippen LogP contribution >= 0.6 is 0 Å². The summed E-state index contributed by atoms with van der Waals surface area (Å²) in [5, 5.41) is 23.8. The first-order valence-electron chi connectivity index (χ1n) is 26.4. The maximum atomic E-state index is 13.2. The highest BCUT2D eigenvalue weighted by atomic mass is 16.5. The van der Waals surface area contributed by atoms with Gasteiger partial charge in [0.05, 0.1) is 25.2 Å². The normalized spacial score (nSPS) is 13.6. The highest BCUT2D eigenvalue weighted by molar-refractivity contribution is 5.77. The second-order valence-corrected chi connectivity index (χ2v) is 18.0. The Kier molecular flexibility index (Phi) is 47.1. The number of esters is 1. The van der Waals surface area contributed by atoms with E-state index in [4.69, 9.17) is 4.74 Å². The maximum absolute atomic E-state index is 13.2. The Morgan fingerprint density at radius 1 is 0.492 bits per heavy atom. The molecule has 0 aromatic rings. The number of aliphatic hydroxyl groups excluding tert-OH is 2. The molecule has 0 bridgehead atoms. The molecule has 0 rings (SSSR count). The molecule has 0 fully saturated rings. The molecule has 0 aliphatic heterocycles. The van der Waals surface area contributed by atoms with Crippen molar-refractivity contribution in [2.24, 2.45) is 0 Å². The molecule has 61 heavy (non-hydrogen) atoms. The van der Waals surface area contributed by atoms with Gasteiger partial charge < -0.3 is 20.3 Å². The molecule has 3 N–H and O–H groups in total. The molecule has 3 unspecified atom stereocenters. The van der Waals surface area contributed by atoms with Crippen LogP contribution in [-0.2, 0) is 14.3 Å². The lowest BCUT2D eigenvalue weighted by Gasteiger charge is -2.24. The second kappa shape index (κ2) is 48.8.